The summed E-state index contributed by atoms with van der Waals surface area (Å²) < 4.78 is 4.81. The number of aryl methyl sites for hydroxylation is 1. The molecule has 0 saturated heterocycles. The largest absolute Gasteiger partial charge is 0.468 e. The SMILES string of the molecule is CNCCC(=O)NCC(C(=O)OC)c1ccc(C)cc1. The van der Waals surface area contributed by atoms with Gasteiger partial charge in [-0.3, -0.25) is 9.59 Å². The second kappa shape index (κ2) is 8.32. The molecule has 0 aliphatic carbocycles. The number of esters is 1. The molecule has 2 N–H and O–H groups in total. The molecule has 5 heteroatoms. The number of carbonyl (C=O) groups is 2. The predicted octanol–water partition coefficient (Wildman–Crippen LogP) is 0.977. The lowest BCUT2D eigenvalue weighted by Crippen LogP contribution is -2.33. The normalized spacial score (nSPS) is 11.8. The van der Waals surface area contributed by atoms with Crippen LogP contribution >= 0.6 is 0 Å². The summed E-state index contributed by atoms with van der Waals surface area (Å²) in [6.45, 7) is 2.84. The second-order valence-electron chi connectivity index (χ2n) is 4.64. The number of benzene rings is 1. The Morgan fingerprint density at radius 1 is 1.25 bits per heavy atom. The zero-order chi connectivity index (χ0) is 15.0. The smallest absolute Gasteiger partial charge is 0.314 e. The first-order valence-corrected chi connectivity index (χ1v) is 6.64. The van der Waals surface area contributed by atoms with Gasteiger partial charge in [-0.25, -0.2) is 0 Å². The lowest BCUT2D eigenvalue weighted by Gasteiger charge is -2.16. The van der Waals surface area contributed by atoms with Crippen molar-refractivity contribution in [2.45, 2.75) is 19.3 Å². The zero-order valence-electron chi connectivity index (χ0n) is 12.2. The van der Waals surface area contributed by atoms with Crippen molar-refractivity contribution >= 4 is 11.9 Å². The number of methoxy groups -OCH3 is 1. The highest BCUT2D eigenvalue weighted by atomic mass is 16.5. The third kappa shape index (κ3) is 5.01. The van der Waals surface area contributed by atoms with Crippen molar-refractivity contribution in [2.24, 2.45) is 0 Å². The van der Waals surface area contributed by atoms with Crippen molar-refractivity contribution < 1.29 is 14.3 Å². The summed E-state index contributed by atoms with van der Waals surface area (Å²) in [5, 5.41) is 5.67. The van der Waals surface area contributed by atoms with Crippen molar-refractivity contribution in [2.75, 3.05) is 27.2 Å². The molecule has 0 bridgehead atoms. The number of rotatable bonds is 7. The topological polar surface area (TPSA) is 67.4 Å². The molecule has 0 aromatic heterocycles. The van der Waals surface area contributed by atoms with Gasteiger partial charge >= 0.3 is 5.97 Å². The van der Waals surface area contributed by atoms with E-state index in [4.69, 9.17) is 4.74 Å². The minimum absolute atomic E-state index is 0.0830. The summed E-state index contributed by atoms with van der Waals surface area (Å²) in [4.78, 5) is 23.4. The molecule has 1 amide bonds. The van der Waals surface area contributed by atoms with Crippen LogP contribution in [-0.4, -0.2) is 39.1 Å². The van der Waals surface area contributed by atoms with Crippen molar-refractivity contribution in [1.82, 2.24) is 10.6 Å². The van der Waals surface area contributed by atoms with E-state index in [0.717, 1.165) is 11.1 Å². The van der Waals surface area contributed by atoms with Crippen LogP contribution in [0.15, 0.2) is 24.3 Å². The Hall–Kier alpha value is -1.88. The Balaban J connectivity index is 2.68. The van der Waals surface area contributed by atoms with Gasteiger partial charge in [0.2, 0.25) is 5.91 Å². The van der Waals surface area contributed by atoms with Crippen LogP contribution in [0, 0.1) is 6.92 Å². The minimum atomic E-state index is -0.473. The maximum absolute atomic E-state index is 11.8. The molecule has 1 rings (SSSR count). The molecule has 5 nitrogen and oxygen atoms in total. The molecular weight excluding hydrogens is 256 g/mol. The van der Waals surface area contributed by atoms with Gasteiger partial charge < -0.3 is 15.4 Å². The fourth-order valence-corrected chi connectivity index (χ4v) is 1.82. The average molecular weight is 278 g/mol. The van der Waals surface area contributed by atoms with Gasteiger partial charge in [-0.2, -0.15) is 0 Å². The molecule has 0 aliphatic heterocycles. The molecule has 1 aromatic rings. The van der Waals surface area contributed by atoms with E-state index in [1.807, 2.05) is 31.2 Å². The monoisotopic (exact) mass is 278 g/mol. The molecule has 110 valence electrons. The summed E-state index contributed by atoms with van der Waals surface area (Å²) in [5.41, 5.74) is 1.96. The molecule has 1 aromatic carbocycles. The van der Waals surface area contributed by atoms with Crippen LogP contribution in [0.25, 0.3) is 0 Å². The highest BCUT2D eigenvalue weighted by Crippen LogP contribution is 2.17. The Bertz CT molecular complexity index is 443. The van der Waals surface area contributed by atoms with Crippen molar-refractivity contribution in [3.05, 3.63) is 35.4 Å². The fourth-order valence-electron chi connectivity index (χ4n) is 1.82. The van der Waals surface area contributed by atoms with Crippen LogP contribution in [0.5, 0.6) is 0 Å². The summed E-state index contributed by atoms with van der Waals surface area (Å²) in [7, 11) is 3.14. The minimum Gasteiger partial charge on any atom is -0.468 e. The van der Waals surface area contributed by atoms with Crippen LogP contribution < -0.4 is 10.6 Å². The Labute approximate surface area is 119 Å². The first kappa shape index (κ1) is 16.2. The quantitative estimate of drug-likeness (QED) is 0.730. The van der Waals surface area contributed by atoms with E-state index in [9.17, 15) is 9.59 Å². The lowest BCUT2D eigenvalue weighted by molar-refractivity contribution is -0.142. The first-order chi connectivity index (χ1) is 9.58. The van der Waals surface area contributed by atoms with E-state index >= 15 is 0 Å². The van der Waals surface area contributed by atoms with Crippen molar-refractivity contribution in [3.8, 4) is 0 Å². The van der Waals surface area contributed by atoms with Crippen molar-refractivity contribution in [3.63, 3.8) is 0 Å². The maximum atomic E-state index is 11.8. The van der Waals surface area contributed by atoms with Gasteiger partial charge in [0.1, 0.15) is 0 Å². The van der Waals surface area contributed by atoms with Crippen LogP contribution in [0.1, 0.15) is 23.5 Å². The lowest BCUT2D eigenvalue weighted by atomic mass is 9.98. The van der Waals surface area contributed by atoms with Crippen LogP contribution in [0.4, 0.5) is 0 Å². The summed E-state index contributed by atoms with van der Waals surface area (Å²) in [6, 6.07) is 7.65. The highest BCUT2D eigenvalue weighted by molar-refractivity contribution is 5.81. The zero-order valence-corrected chi connectivity index (χ0v) is 12.2. The van der Waals surface area contributed by atoms with E-state index < -0.39 is 5.92 Å². The summed E-state index contributed by atoms with van der Waals surface area (Å²) >= 11 is 0. The van der Waals surface area contributed by atoms with Gasteiger partial charge in [0.05, 0.1) is 13.0 Å². The molecule has 1 unspecified atom stereocenters. The van der Waals surface area contributed by atoms with Crippen LogP contribution in [-0.2, 0) is 14.3 Å². The van der Waals surface area contributed by atoms with Crippen LogP contribution in [0.2, 0.25) is 0 Å². The molecular formula is C15H22N2O3. The third-order valence-electron chi connectivity index (χ3n) is 3.07. The molecule has 0 spiro atoms. The first-order valence-electron chi connectivity index (χ1n) is 6.64. The average Bonchev–Trinajstić information content (AvgIpc) is 2.46. The number of hydrogen-bond acceptors (Lipinski definition) is 4. The summed E-state index contributed by atoms with van der Waals surface area (Å²) in [6.07, 6.45) is 0.387. The van der Waals surface area contributed by atoms with Gasteiger partial charge in [0, 0.05) is 19.5 Å². The molecule has 0 radical (unpaired) electrons. The second-order valence-corrected chi connectivity index (χ2v) is 4.64. The van der Waals surface area contributed by atoms with Crippen molar-refractivity contribution in [1.29, 1.82) is 0 Å². The predicted molar refractivity (Wildman–Crippen MR) is 77.5 cm³/mol. The molecule has 1 atom stereocenters. The molecule has 0 fully saturated rings. The van der Waals surface area contributed by atoms with Crippen LogP contribution in [0.3, 0.4) is 0 Å². The molecule has 0 aliphatic rings. The van der Waals surface area contributed by atoms with Gasteiger partial charge in [-0.05, 0) is 19.5 Å². The molecule has 0 heterocycles. The number of ether oxygens (including phenoxy) is 1. The Morgan fingerprint density at radius 3 is 2.45 bits per heavy atom. The number of carbonyl (C=O) groups excluding carboxylic acids is 2. The number of amides is 1. The van der Waals surface area contributed by atoms with E-state index in [-0.39, 0.29) is 18.4 Å². The maximum Gasteiger partial charge on any atom is 0.314 e. The van der Waals surface area contributed by atoms with E-state index in [1.165, 1.54) is 7.11 Å². The Kier molecular flexibility index (Phi) is 6.73. The number of nitrogens with one attached hydrogen (secondary N) is 2. The van der Waals surface area contributed by atoms with Gasteiger partial charge in [0.15, 0.2) is 0 Å². The third-order valence-corrected chi connectivity index (χ3v) is 3.07. The van der Waals surface area contributed by atoms with Gasteiger partial charge in [-0.1, -0.05) is 29.8 Å². The Morgan fingerprint density at radius 2 is 1.90 bits per heavy atom. The van der Waals surface area contributed by atoms with E-state index in [0.29, 0.717) is 13.0 Å². The fraction of sp³-hybridized carbons (Fsp3) is 0.467. The number of hydrogen-bond donors (Lipinski definition) is 2. The van der Waals surface area contributed by atoms with E-state index in [1.54, 1.807) is 7.05 Å². The summed E-state index contributed by atoms with van der Waals surface area (Å²) in [5.74, 6) is -0.901. The molecule has 20 heavy (non-hydrogen) atoms. The van der Waals surface area contributed by atoms with Gasteiger partial charge in [0.25, 0.3) is 0 Å². The molecule has 0 saturated carbocycles. The van der Waals surface area contributed by atoms with Gasteiger partial charge in [-0.15, -0.1) is 0 Å². The highest BCUT2D eigenvalue weighted by Gasteiger charge is 2.21. The standard InChI is InChI=1S/C15H22N2O3/c1-11-4-6-12(7-5-11)13(15(19)20-3)10-17-14(18)8-9-16-2/h4-7,13,16H,8-10H2,1-3H3,(H,17,18). The van der Waals surface area contributed by atoms with E-state index in [2.05, 4.69) is 10.6 Å².